The summed E-state index contributed by atoms with van der Waals surface area (Å²) in [6.07, 6.45) is 2.68. The second kappa shape index (κ2) is 8.75. The molecule has 0 aliphatic rings. The van der Waals surface area contributed by atoms with Gasteiger partial charge in [0.2, 0.25) is 0 Å². The zero-order valence-electron chi connectivity index (χ0n) is 9.48. The van der Waals surface area contributed by atoms with Crippen molar-refractivity contribution >= 4 is 0 Å². The van der Waals surface area contributed by atoms with Crippen LogP contribution in [0, 0.1) is 11.3 Å². The summed E-state index contributed by atoms with van der Waals surface area (Å²) in [4.78, 5) is 0. The molecule has 1 aromatic rings. The highest BCUT2D eigenvalue weighted by Crippen LogP contribution is 2.07. The first-order valence-electron chi connectivity index (χ1n) is 5.69. The Bertz CT molecular complexity index is 305. The number of hydrogen-bond acceptors (Lipinski definition) is 3. The molecule has 0 heterocycles. The Morgan fingerprint density at radius 1 is 1.12 bits per heavy atom. The minimum atomic E-state index is 0.655. The lowest BCUT2D eigenvalue weighted by atomic mass is 10.2. The Labute approximate surface area is 97.0 Å². The molecule has 0 radical (unpaired) electrons. The van der Waals surface area contributed by atoms with Crippen LogP contribution in [0.15, 0.2) is 30.3 Å². The third-order valence-corrected chi connectivity index (χ3v) is 2.18. The summed E-state index contributed by atoms with van der Waals surface area (Å²) in [5, 5.41) is 11.6. The third kappa shape index (κ3) is 6.05. The highest BCUT2D eigenvalue weighted by Gasteiger charge is 1.91. The maximum atomic E-state index is 8.34. The molecule has 0 bridgehead atoms. The summed E-state index contributed by atoms with van der Waals surface area (Å²) in [6.45, 7) is 2.49. The van der Waals surface area contributed by atoms with Crippen molar-refractivity contribution in [2.75, 3.05) is 19.7 Å². The van der Waals surface area contributed by atoms with Gasteiger partial charge in [0.05, 0.1) is 6.07 Å². The number of para-hydroxylation sites is 1. The Morgan fingerprint density at radius 2 is 1.94 bits per heavy atom. The molecule has 1 rings (SSSR count). The maximum absolute atomic E-state index is 8.34. The van der Waals surface area contributed by atoms with Crippen molar-refractivity contribution in [1.82, 2.24) is 5.32 Å². The van der Waals surface area contributed by atoms with E-state index in [2.05, 4.69) is 11.4 Å². The van der Waals surface area contributed by atoms with E-state index in [0.29, 0.717) is 13.0 Å². The Balaban J connectivity index is 1.91. The Morgan fingerprint density at radius 3 is 2.69 bits per heavy atom. The van der Waals surface area contributed by atoms with Crippen molar-refractivity contribution in [2.24, 2.45) is 0 Å². The van der Waals surface area contributed by atoms with Crippen molar-refractivity contribution in [1.29, 1.82) is 5.26 Å². The minimum absolute atomic E-state index is 0.655. The molecule has 16 heavy (non-hydrogen) atoms. The van der Waals surface area contributed by atoms with Gasteiger partial charge in [0.1, 0.15) is 12.4 Å². The smallest absolute Gasteiger partial charge is 0.119 e. The first kappa shape index (κ1) is 12.5. The van der Waals surface area contributed by atoms with Crippen LogP contribution in [0.25, 0.3) is 0 Å². The number of unbranched alkanes of at least 4 members (excludes halogenated alkanes) is 2. The van der Waals surface area contributed by atoms with Gasteiger partial charge in [-0.2, -0.15) is 5.26 Å². The lowest BCUT2D eigenvalue weighted by Crippen LogP contribution is -2.22. The number of nitrogens with one attached hydrogen (secondary N) is 1. The van der Waals surface area contributed by atoms with Crippen LogP contribution in [0.2, 0.25) is 0 Å². The minimum Gasteiger partial charge on any atom is -0.492 e. The van der Waals surface area contributed by atoms with Gasteiger partial charge in [-0.25, -0.2) is 0 Å². The molecule has 0 unspecified atom stereocenters. The fourth-order valence-corrected chi connectivity index (χ4v) is 1.34. The lowest BCUT2D eigenvalue weighted by Gasteiger charge is -2.06. The van der Waals surface area contributed by atoms with Gasteiger partial charge in [0, 0.05) is 13.0 Å². The molecular formula is C13H18N2O. The molecule has 0 aliphatic heterocycles. The normalized spacial score (nSPS) is 9.69. The average Bonchev–Trinajstić information content (AvgIpc) is 2.34. The molecule has 86 valence electrons. The summed E-state index contributed by atoms with van der Waals surface area (Å²) in [6, 6.07) is 11.9. The van der Waals surface area contributed by atoms with E-state index in [1.807, 2.05) is 30.3 Å². The quantitative estimate of drug-likeness (QED) is 0.681. The molecular weight excluding hydrogens is 200 g/mol. The summed E-state index contributed by atoms with van der Waals surface area (Å²) in [5.41, 5.74) is 0. The highest BCUT2D eigenvalue weighted by molar-refractivity contribution is 5.20. The van der Waals surface area contributed by atoms with E-state index in [1.54, 1.807) is 0 Å². The molecule has 0 atom stereocenters. The highest BCUT2D eigenvalue weighted by atomic mass is 16.5. The lowest BCUT2D eigenvalue weighted by molar-refractivity contribution is 0.313. The molecule has 1 aromatic carbocycles. The van der Waals surface area contributed by atoms with Gasteiger partial charge in [-0.15, -0.1) is 0 Å². The van der Waals surface area contributed by atoms with Crippen molar-refractivity contribution in [3.8, 4) is 11.8 Å². The van der Waals surface area contributed by atoms with Gasteiger partial charge in [-0.05, 0) is 31.5 Å². The number of benzene rings is 1. The third-order valence-electron chi connectivity index (χ3n) is 2.18. The van der Waals surface area contributed by atoms with E-state index in [-0.39, 0.29) is 0 Å². The van der Waals surface area contributed by atoms with Gasteiger partial charge < -0.3 is 10.1 Å². The van der Waals surface area contributed by atoms with E-state index in [9.17, 15) is 0 Å². The van der Waals surface area contributed by atoms with Crippen molar-refractivity contribution in [2.45, 2.75) is 19.3 Å². The molecule has 0 fully saturated rings. The predicted molar refractivity (Wildman–Crippen MR) is 64.3 cm³/mol. The molecule has 0 saturated heterocycles. The molecule has 0 spiro atoms. The van der Waals surface area contributed by atoms with Crippen LogP contribution in [0.5, 0.6) is 5.75 Å². The van der Waals surface area contributed by atoms with Crippen molar-refractivity contribution in [3.05, 3.63) is 30.3 Å². The zero-order valence-corrected chi connectivity index (χ0v) is 9.48. The van der Waals surface area contributed by atoms with Gasteiger partial charge in [-0.1, -0.05) is 18.2 Å². The van der Waals surface area contributed by atoms with Crippen molar-refractivity contribution < 1.29 is 4.74 Å². The Kier molecular flexibility index (Phi) is 6.86. The summed E-state index contributed by atoms with van der Waals surface area (Å²) >= 11 is 0. The van der Waals surface area contributed by atoms with Crippen LogP contribution in [-0.4, -0.2) is 19.7 Å². The molecule has 1 N–H and O–H groups in total. The monoisotopic (exact) mass is 218 g/mol. The standard InChI is InChI=1S/C13H18N2O/c14-9-5-2-6-10-15-11-12-16-13-7-3-1-4-8-13/h1,3-4,7-8,15H,2,5-6,10-12H2. The van der Waals surface area contributed by atoms with Crippen molar-refractivity contribution in [3.63, 3.8) is 0 Å². The Hall–Kier alpha value is -1.53. The second-order valence-corrected chi connectivity index (χ2v) is 3.53. The van der Waals surface area contributed by atoms with E-state index < -0.39 is 0 Å². The van der Waals surface area contributed by atoms with Gasteiger partial charge >= 0.3 is 0 Å². The molecule has 0 amide bonds. The fraction of sp³-hybridized carbons (Fsp3) is 0.462. The second-order valence-electron chi connectivity index (χ2n) is 3.53. The summed E-state index contributed by atoms with van der Waals surface area (Å²) in [5.74, 6) is 0.911. The molecule has 0 aromatic heterocycles. The first-order valence-corrected chi connectivity index (χ1v) is 5.69. The van der Waals surface area contributed by atoms with Gasteiger partial charge in [0.25, 0.3) is 0 Å². The summed E-state index contributed by atoms with van der Waals surface area (Å²) in [7, 11) is 0. The topological polar surface area (TPSA) is 45.0 Å². The predicted octanol–water partition coefficient (Wildman–Crippen LogP) is 2.35. The first-order chi connectivity index (χ1) is 7.93. The van der Waals surface area contributed by atoms with E-state index in [0.717, 1.165) is 31.7 Å². The van der Waals surface area contributed by atoms with Crippen LogP contribution < -0.4 is 10.1 Å². The molecule has 3 heteroatoms. The van der Waals surface area contributed by atoms with E-state index in [1.165, 1.54) is 0 Å². The molecule has 0 aliphatic carbocycles. The largest absolute Gasteiger partial charge is 0.492 e. The molecule has 3 nitrogen and oxygen atoms in total. The van der Waals surface area contributed by atoms with Crippen LogP contribution in [0.4, 0.5) is 0 Å². The van der Waals surface area contributed by atoms with Gasteiger partial charge in [-0.3, -0.25) is 0 Å². The number of rotatable bonds is 8. The number of nitrogens with zero attached hydrogens (tertiary/aromatic N) is 1. The van der Waals surface area contributed by atoms with Gasteiger partial charge in [0.15, 0.2) is 0 Å². The number of hydrogen-bond donors (Lipinski definition) is 1. The number of ether oxygens (including phenoxy) is 1. The van der Waals surface area contributed by atoms with Crippen LogP contribution in [0.1, 0.15) is 19.3 Å². The zero-order chi connectivity index (χ0) is 11.5. The molecule has 0 saturated carbocycles. The number of nitriles is 1. The average molecular weight is 218 g/mol. The van der Waals surface area contributed by atoms with Crippen LogP contribution in [0.3, 0.4) is 0 Å². The maximum Gasteiger partial charge on any atom is 0.119 e. The summed E-state index contributed by atoms with van der Waals surface area (Å²) < 4.78 is 5.52. The van der Waals surface area contributed by atoms with Crippen LogP contribution >= 0.6 is 0 Å². The van der Waals surface area contributed by atoms with E-state index >= 15 is 0 Å². The van der Waals surface area contributed by atoms with Crippen LogP contribution in [-0.2, 0) is 0 Å². The van der Waals surface area contributed by atoms with E-state index in [4.69, 9.17) is 10.00 Å². The fourth-order valence-electron chi connectivity index (χ4n) is 1.34. The SMILES string of the molecule is N#CCCCCNCCOc1ccccc1.